The molecule has 2 rings (SSSR count). The van der Waals surface area contributed by atoms with Crippen LogP contribution in [0.3, 0.4) is 0 Å². The van der Waals surface area contributed by atoms with E-state index in [1.54, 1.807) is 12.3 Å². The van der Waals surface area contributed by atoms with E-state index in [1.165, 1.54) is 0 Å². The molecular weight excluding hydrogens is 142 g/mol. The molecule has 0 spiro atoms. The highest BCUT2D eigenvalue weighted by molar-refractivity contribution is 6.04. The summed E-state index contributed by atoms with van der Waals surface area (Å²) in [4.78, 5) is 14.8. The summed E-state index contributed by atoms with van der Waals surface area (Å²) in [6, 6.07) is 1.56. The number of amides is 2. The lowest BCUT2D eigenvalue weighted by Gasteiger charge is -2.17. The lowest BCUT2D eigenvalue weighted by atomic mass is 10.2. The summed E-state index contributed by atoms with van der Waals surface area (Å²) in [6.07, 6.45) is 1.66. The van der Waals surface area contributed by atoms with Crippen molar-refractivity contribution in [2.24, 2.45) is 0 Å². The van der Waals surface area contributed by atoms with Crippen LogP contribution in [-0.2, 0) is 0 Å². The van der Waals surface area contributed by atoms with Crippen LogP contribution >= 0.6 is 0 Å². The molecule has 0 unspecified atom stereocenters. The number of nitrogens with one attached hydrogen (secondary N) is 2. The molecule has 2 amide bonds. The molecule has 2 N–H and O–H groups in total. The van der Waals surface area contributed by atoms with Gasteiger partial charge in [-0.15, -0.1) is 0 Å². The van der Waals surface area contributed by atoms with Gasteiger partial charge in [-0.2, -0.15) is 0 Å². The fraction of sp³-hybridized carbons (Fsp3) is 0.143. The Balaban J connectivity index is 2.60. The van der Waals surface area contributed by atoms with Crippen LogP contribution in [0.5, 0.6) is 0 Å². The van der Waals surface area contributed by atoms with Crippen molar-refractivity contribution >= 4 is 17.5 Å². The van der Waals surface area contributed by atoms with Crippen LogP contribution in [0.15, 0.2) is 12.3 Å². The van der Waals surface area contributed by atoms with E-state index in [0.717, 1.165) is 11.3 Å². The Morgan fingerprint density at radius 3 is 3.00 bits per heavy atom. The first-order valence-electron chi connectivity index (χ1n) is 3.31. The molecule has 1 aromatic heterocycles. The van der Waals surface area contributed by atoms with E-state index in [9.17, 15) is 4.79 Å². The number of carbonyl (C=O) groups excluding carboxylic acids is 1. The molecule has 0 aromatic carbocycles. The van der Waals surface area contributed by atoms with E-state index in [0.29, 0.717) is 5.82 Å². The first-order valence-corrected chi connectivity index (χ1v) is 3.31. The smallest absolute Gasteiger partial charge is 0.307 e. The third-order valence-electron chi connectivity index (χ3n) is 1.68. The number of hydrogen-bond donors (Lipinski definition) is 2. The molecule has 2 bridgehead atoms. The standard InChI is InChI=1S/C7H7N3O/c1-4-5-2-3-8-6(4)10-7(11)9-5/h2-3H,1H3,(H2,8,9,10,11). The van der Waals surface area contributed by atoms with Gasteiger partial charge < -0.3 is 5.32 Å². The Morgan fingerprint density at radius 2 is 2.27 bits per heavy atom. The Kier molecular flexibility index (Phi) is 1.09. The van der Waals surface area contributed by atoms with Crippen LogP contribution in [0.2, 0.25) is 0 Å². The van der Waals surface area contributed by atoms with Crippen molar-refractivity contribution < 1.29 is 4.79 Å². The summed E-state index contributed by atoms with van der Waals surface area (Å²) < 4.78 is 0. The van der Waals surface area contributed by atoms with Crippen LogP contribution in [0.25, 0.3) is 0 Å². The Labute approximate surface area is 63.6 Å². The van der Waals surface area contributed by atoms with E-state index in [2.05, 4.69) is 15.6 Å². The number of anilines is 2. The van der Waals surface area contributed by atoms with E-state index >= 15 is 0 Å². The van der Waals surface area contributed by atoms with Gasteiger partial charge in [0.2, 0.25) is 0 Å². The van der Waals surface area contributed by atoms with Gasteiger partial charge in [-0.05, 0) is 13.0 Å². The second-order valence-corrected chi connectivity index (χ2v) is 2.41. The molecule has 4 heteroatoms. The number of hydrogen-bond acceptors (Lipinski definition) is 2. The average Bonchev–Trinajstić information content (AvgIpc) is 1.92. The molecule has 1 aliphatic rings. The molecule has 0 fully saturated rings. The number of pyridine rings is 1. The highest BCUT2D eigenvalue weighted by Crippen LogP contribution is 2.24. The molecule has 0 saturated heterocycles. The van der Waals surface area contributed by atoms with E-state index < -0.39 is 0 Å². The molecule has 0 saturated carbocycles. The van der Waals surface area contributed by atoms with Gasteiger partial charge in [0.15, 0.2) is 0 Å². The largest absolute Gasteiger partial charge is 0.324 e. The summed E-state index contributed by atoms with van der Waals surface area (Å²) in [5.41, 5.74) is 1.81. The van der Waals surface area contributed by atoms with Gasteiger partial charge in [-0.3, -0.25) is 5.32 Å². The first kappa shape index (κ1) is 6.15. The number of nitrogens with zero attached hydrogens (tertiary/aromatic N) is 1. The SMILES string of the molecule is Cc1c2ccnc1NC(=O)N2. The van der Waals surface area contributed by atoms with Gasteiger partial charge in [0.25, 0.3) is 0 Å². The second-order valence-electron chi connectivity index (χ2n) is 2.41. The van der Waals surface area contributed by atoms with Crippen molar-refractivity contribution in [3.05, 3.63) is 17.8 Å². The monoisotopic (exact) mass is 149 g/mol. The lowest BCUT2D eigenvalue weighted by molar-refractivity contribution is 0.262. The van der Waals surface area contributed by atoms with E-state index in [4.69, 9.17) is 0 Å². The van der Waals surface area contributed by atoms with Crippen molar-refractivity contribution in [2.75, 3.05) is 10.6 Å². The van der Waals surface area contributed by atoms with Crippen LogP contribution in [0, 0.1) is 6.92 Å². The third-order valence-corrected chi connectivity index (χ3v) is 1.68. The summed E-state index contributed by atoms with van der Waals surface area (Å²) in [5, 5.41) is 5.25. The fourth-order valence-electron chi connectivity index (χ4n) is 1.06. The molecular formula is C7H7N3O. The fourth-order valence-corrected chi connectivity index (χ4v) is 1.06. The molecule has 1 aromatic rings. The minimum absolute atomic E-state index is 0.214. The van der Waals surface area contributed by atoms with E-state index in [-0.39, 0.29) is 6.03 Å². The zero-order valence-corrected chi connectivity index (χ0v) is 6.01. The number of carbonyl (C=O) groups is 1. The zero-order valence-electron chi connectivity index (χ0n) is 6.01. The van der Waals surface area contributed by atoms with Gasteiger partial charge in [0.1, 0.15) is 5.82 Å². The molecule has 2 heterocycles. The predicted molar refractivity (Wildman–Crippen MR) is 41.6 cm³/mol. The normalized spacial score (nSPS) is 13.7. The molecule has 56 valence electrons. The van der Waals surface area contributed by atoms with Crippen LogP contribution in [-0.4, -0.2) is 11.0 Å². The summed E-state index contributed by atoms with van der Waals surface area (Å²) in [6.45, 7) is 1.91. The lowest BCUT2D eigenvalue weighted by Crippen LogP contribution is -2.25. The number of fused-ring (bicyclic) bond motifs is 2. The number of rotatable bonds is 0. The molecule has 11 heavy (non-hydrogen) atoms. The maximum Gasteiger partial charge on any atom is 0.324 e. The van der Waals surface area contributed by atoms with Crippen molar-refractivity contribution in [1.82, 2.24) is 4.98 Å². The quantitative estimate of drug-likeness (QED) is 0.585. The van der Waals surface area contributed by atoms with Gasteiger partial charge >= 0.3 is 6.03 Å². The molecule has 4 nitrogen and oxygen atoms in total. The van der Waals surface area contributed by atoms with Gasteiger partial charge in [0, 0.05) is 11.8 Å². The van der Waals surface area contributed by atoms with Gasteiger partial charge in [0.05, 0.1) is 5.69 Å². The zero-order chi connectivity index (χ0) is 7.84. The minimum Gasteiger partial charge on any atom is -0.307 e. The second kappa shape index (κ2) is 1.95. The predicted octanol–water partition coefficient (Wildman–Crippen LogP) is 1.35. The third kappa shape index (κ3) is 0.832. The average molecular weight is 149 g/mol. The summed E-state index contributed by atoms with van der Waals surface area (Å²) in [7, 11) is 0. The highest BCUT2D eigenvalue weighted by atomic mass is 16.2. The Morgan fingerprint density at radius 1 is 1.45 bits per heavy atom. The molecule has 1 aliphatic heterocycles. The molecule has 0 atom stereocenters. The summed E-state index contributed by atoms with van der Waals surface area (Å²) >= 11 is 0. The Bertz CT molecular complexity index is 295. The van der Waals surface area contributed by atoms with Crippen molar-refractivity contribution in [1.29, 1.82) is 0 Å². The maximum absolute atomic E-state index is 10.9. The minimum atomic E-state index is -0.214. The maximum atomic E-state index is 10.9. The van der Waals surface area contributed by atoms with Gasteiger partial charge in [-0.1, -0.05) is 0 Å². The highest BCUT2D eigenvalue weighted by Gasteiger charge is 2.15. The number of urea groups is 1. The van der Waals surface area contributed by atoms with Crippen LogP contribution in [0.4, 0.5) is 16.3 Å². The van der Waals surface area contributed by atoms with Crippen LogP contribution in [0.1, 0.15) is 5.56 Å². The van der Waals surface area contributed by atoms with Gasteiger partial charge in [-0.25, -0.2) is 9.78 Å². The van der Waals surface area contributed by atoms with E-state index in [1.807, 2.05) is 6.92 Å². The first-order chi connectivity index (χ1) is 5.27. The topological polar surface area (TPSA) is 54.0 Å². The van der Waals surface area contributed by atoms with Crippen molar-refractivity contribution in [3.8, 4) is 0 Å². The molecule has 0 radical (unpaired) electrons. The number of aromatic nitrogens is 1. The Hall–Kier alpha value is -1.58. The summed E-state index contributed by atoms with van der Waals surface area (Å²) in [5.74, 6) is 0.645. The molecule has 0 aliphatic carbocycles. The van der Waals surface area contributed by atoms with Crippen molar-refractivity contribution in [3.63, 3.8) is 0 Å². The van der Waals surface area contributed by atoms with Crippen molar-refractivity contribution in [2.45, 2.75) is 6.92 Å². The van der Waals surface area contributed by atoms with Crippen LogP contribution < -0.4 is 10.6 Å².